The monoisotopic (exact) mass is 333 g/mol. The molecular weight excluding hydrogens is 310 g/mol. The first-order chi connectivity index (χ1) is 12.3. The highest BCUT2D eigenvalue weighted by atomic mass is 16.5. The van der Waals surface area contributed by atoms with Crippen LogP contribution in [0.3, 0.4) is 0 Å². The van der Waals surface area contributed by atoms with E-state index in [1.54, 1.807) is 0 Å². The number of anilines is 1. The van der Waals surface area contributed by atoms with Crippen molar-refractivity contribution in [3.63, 3.8) is 0 Å². The fourth-order valence-electron chi connectivity index (χ4n) is 3.55. The quantitative estimate of drug-likeness (QED) is 0.762. The lowest BCUT2D eigenvalue weighted by Gasteiger charge is -2.32. The second kappa shape index (κ2) is 7.19. The summed E-state index contributed by atoms with van der Waals surface area (Å²) in [5, 5.41) is 3.52. The minimum absolute atomic E-state index is 0.149. The lowest BCUT2D eigenvalue weighted by Crippen LogP contribution is -2.28. The van der Waals surface area contributed by atoms with Crippen LogP contribution >= 0.6 is 0 Å². The Labute approximate surface area is 148 Å². The zero-order chi connectivity index (χ0) is 17.1. The predicted octanol–water partition coefficient (Wildman–Crippen LogP) is 4.52. The summed E-state index contributed by atoms with van der Waals surface area (Å²) in [6, 6.07) is 18.5. The van der Waals surface area contributed by atoms with E-state index in [9.17, 15) is 0 Å². The van der Waals surface area contributed by atoms with E-state index in [4.69, 9.17) is 9.72 Å². The van der Waals surface area contributed by atoms with E-state index in [0.29, 0.717) is 5.92 Å². The van der Waals surface area contributed by atoms with Gasteiger partial charge in [0.1, 0.15) is 5.82 Å². The van der Waals surface area contributed by atoms with Crippen LogP contribution in [0, 0.1) is 12.8 Å². The Hall–Kier alpha value is -2.46. The Balaban J connectivity index is 1.52. The number of rotatable bonds is 4. The maximum atomic E-state index is 6.09. The molecule has 1 fully saturated rings. The topological polar surface area (TPSA) is 47.0 Å². The van der Waals surface area contributed by atoms with Crippen molar-refractivity contribution in [2.75, 3.05) is 18.5 Å². The Morgan fingerprint density at radius 2 is 1.72 bits per heavy atom. The molecule has 25 heavy (non-hydrogen) atoms. The Morgan fingerprint density at radius 1 is 1.00 bits per heavy atom. The molecule has 4 heteroatoms. The molecule has 1 aliphatic rings. The molecule has 128 valence electrons. The molecule has 2 aromatic carbocycles. The summed E-state index contributed by atoms with van der Waals surface area (Å²) < 4.78 is 6.09. The minimum Gasteiger partial charge on any atom is -0.373 e. The van der Waals surface area contributed by atoms with Crippen LogP contribution in [-0.4, -0.2) is 23.1 Å². The molecule has 1 aliphatic heterocycles. The van der Waals surface area contributed by atoms with E-state index in [1.807, 2.05) is 37.3 Å². The largest absolute Gasteiger partial charge is 0.373 e. The van der Waals surface area contributed by atoms with Crippen LogP contribution in [0.1, 0.15) is 30.2 Å². The summed E-state index contributed by atoms with van der Waals surface area (Å²) in [4.78, 5) is 9.40. The Bertz CT molecular complexity index is 850. The number of ether oxygens (including phenoxy) is 1. The molecule has 4 rings (SSSR count). The molecule has 1 aromatic heterocycles. The van der Waals surface area contributed by atoms with Crippen LogP contribution < -0.4 is 5.32 Å². The van der Waals surface area contributed by atoms with Gasteiger partial charge in [0.05, 0.1) is 22.8 Å². The average Bonchev–Trinajstić information content (AvgIpc) is 2.67. The standard InChI is InChI=1S/C21H23N3O/c1-15-21(24-19-12-6-5-11-18(19)23-15)22-14-17-10-7-13-25-20(17)16-8-3-2-4-9-16/h2-6,8-9,11-12,17,20H,7,10,13-14H2,1H3,(H,22,24)/t17-,20+/m1/s1. The van der Waals surface area contributed by atoms with Crippen molar-refractivity contribution in [3.8, 4) is 0 Å². The number of hydrogen-bond donors (Lipinski definition) is 1. The summed E-state index contributed by atoms with van der Waals surface area (Å²) >= 11 is 0. The van der Waals surface area contributed by atoms with E-state index < -0.39 is 0 Å². The molecule has 2 atom stereocenters. The fourth-order valence-corrected chi connectivity index (χ4v) is 3.55. The van der Waals surface area contributed by atoms with Crippen LogP contribution in [0.4, 0.5) is 5.82 Å². The van der Waals surface area contributed by atoms with Crippen LogP contribution in [-0.2, 0) is 4.74 Å². The zero-order valence-corrected chi connectivity index (χ0v) is 14.5. The summed E-state index contributed by atoms with van der Waals surface area (Å²) in [6.07, 6.45) is 2.42. The number of aryl methyl sites for hydroxylation is 1. The van der Waals surface area contributed by atoms with Gasteiger partial charge in [-0.2, -0.15) is 0 Å². The molecule has 0 spiro atoms. The second-order valence-electron chi connectivity index (χ2n) is 6.63. The number of para-hydroxylation sites is 2. The highest BCUT2D eigenvalue weighted by Crippen LogP contribution is 2.33. The molecule has 0 radical (unpaired) electrons. The van der Waals surface area contributed by atoms with Gasteiger partial charge in [-0.25, -0.2) is 9.97 Å². The van der Waals surface area contributed by atoms with E-state index >= 15 is 0 Å². The van der Waals surface area contributed by atoms with Crippen molar-refractivity contribution in [1.82, 2.24) is 9.97 Å². The van der Waals surface area contributed by atoms with Gasteiger partial charge in [-0.3, -0.25) is 0 Å². The molecule has 3 aromatic rings. The van der Waals surface area contributed by atoms with Gasteiger partial charge < -0.3 is 10.1 Å². The maximum Gasteiger partial charge on any atom is 0.148 e. The summed E-state index contributed by atoms with van der Waals surface area (Å²) in [6.45, 7) is 3.69. The lowest BCUT2D eigenvalue weighted by molar-refractivity contribution is -0.0238. The third kappa shape index (κ3) is 3.49. The first-order valence-corrected chi connectivity index (χ1v) is 8.95. The van der Waals surface area contributed by atoms with Crippen molar-refractivity contribution >= 4 is 16.9 Å². The summed E-state index contributed by atoms with van der Waals surface area (Å²) in [5.74, 6) is 1.31. The van der Waals surface area contributed by atoms with Gasteiger partial charge in [0, 0.05) is 19.1 Å². The van der Waals surface area contributed by atoms with E-state index in [1.165, 1.54) is 5.56 Å². The summed E-state index contributed by atoms with van der Waals surface area (Å²) in [5.41, 5.74) is 4.06. The lowest BCUT2D eigenvalue weighted by atomic mass is 9.89. The molecule has 4 nitrogen and oxygen atoms in total. The molecule has 1 saturated heterocycles. The number of fused-ring (bicyclic) bond motifs is 1. The molecule has 0 bridgehead atoms. The van der Waals surface area contributed by atoms with Crippen molar-refractivity contribution in [2.45, 2.75) is 25.9 Å². The van der Waals surface area contributed by atoms with E-state index in [0.717, 1.165) is 48.5 Å². The first-order valence-electron chi connectivity index (χ1n) is 8.95. The van der Waals surface area contributed by atoms with Gasteiger partial charge >= 0.3 is 0 Å². The third-order valence-corrected chi connectivity index (χ3v) is 4.85. The smallest absolute Gasteiger partial charge is 0.148 e. The molecule has 0 saturated carbocycles. The van der Waals surface area contributed by atoms with Crippen molar-refractivity contribution in [1.29, 1.82) is 0 Å². The van der Waals surface area contributed by atoms with Gasteiger partial charge in [0.25, 0.3) is 0 Å². The van der Waals surface area contributed by atoms with Crippen LogP contribution in [0.2, 0.25) is 0 Å². The Kier molecular flexibility index (Phi) is 4.61. The van der Waals surface area contributed by atoms with Gasteiger partial charge in [0.2, 0.25) is 0 Å². The van der Waals surface area contributed by atoms with Gasteiger partial charge in [-0.15, -0.1) is 0 Å². The van der Waals surface area contributed by atoms with Crippen LogP contribution in [0.25, 0.3) is 11.0 Å². The molecule has 0 aliphatic carbocycles. The Morgan fingerprint density at radius 3 is 2.52 bits per heavy atom. The van der Waals surface area contributed by atoms with Crippen LogP contribution in [0.5, 0.6) is 0 Å². The highest BCUT2D eigenvalue weighted by molar-refractivity contribution is 5.76. The van der Waals surface area contributed by atoms with Crippen molar-refractivity contribution in [2.24, 2.45) is 5.92 Å². The number of aromatic nitrogens is 2. The van der Waals surface area contributed by atoms with E-state index in [-0.39, 0.29) is 6.10 Å². The van der Waals surface area contributed by atoms with Gasteiger partial charge in [0.15, 0.2) is 0 Å². The molecule has 2 heterocycles. The number of nitrogens with zero attached hydrogens (tertiary/aromatic N) is 2. The van der Waals surface area contributed by atoms with Crippen molar-refractivity contribution < 1.29 is 4.74 Å². The summed E-state index contributed by atoms with van der Waals surface area (Å²) in [7, 11) is 0. The second-order valence-corrected chi connectivity index (χ2v) is 6.63. The SMILES string of the molecule is Cc1nc2ccccc2nc1NC[C@H]1CCCO[C@H]1c1ccccc1. The average molecular weight is 333 g/mol. The van der Waals surface area contributed by atoms with E-state index in [2.05, 4.69) is 34.6 Å². The molecule has 0 amide bonds. The first kappa shape index (κ1) is 16.0. The molecular formula is C21H23N3O. The molecule has 1 N–H and O–H groups in total. The predicted molar refractivity (Wildman–Crippen MR) is 101 cm³/mol. The number of nitrogens with one attached hydrogen (secondary N) is 1. The minimum atomic E-state index is 0.149. The number of hydrogen-bond acceptors (Lipinski definition) is 4. The van der Waals surface area contributed by atoms with Gasteiger partial charge in [-0.05, 0) is 37.5 Å². The van der Waals surface area contributed by atoms with Crippen molar-refractivity contribution in [3.05, 3.63) is 65.9 Å². The zero-order valence-electron chi connectivity index (χ0n) is 14.5. The van der Waals surface area contributed by atoms with Crippen LogP contribution in [0.15, 0.2) is 54.6 Å². The highest BCUT2D eigenvalue weighted by Gasteiger charge is 2.27. The third-order valence-electron chi connectivity index (χ3n) is 4.85. The van der Waals surface area contributed by atoms with Gasteiger partial charge in [-0.1, -0.05) is 42.5 Å². The fraction of sp³-hybridized carbons (Fsp3) is 0.333. The number of benzene rings is 2. The maximum absolute atomic E-state index is 6.09. The molecule has 0 unspecified atom stereocenters. The normalized spacial score (nSPS) is 20.5.